The summed E-state index contributed by atoms with van der Waals surface area (Å²) in [5.74, 6) is 0.426. The monoisotopic (exact) mass is 185 g/mol. The summed E-state index contributed by atoms with van der Waals surface area (Å²) in [6, 6.07) is 1.51. The molecule has 0 unspecified atom stereocenters. The predicted octanol–water partition coefficient (Wildman–Crippen LogP) is -0.116. The van der Waals surface area contributed by atoms with Crippen LogP contribution in [0, 0.1) is 0 Å². The maximum Gasteiger partial charge on any atom is 0.294 e. The van der Waals surface area contributed by atoms with Crippen molar-refractivity contribution in [3.05, 3.63) is 22.1 Å². The average Bonchev–Trinajstić information content (AvgIpc) is 2.16. The Bertz CT molecular complexity index is 344. The van der Waals surface area contributed by atoms with Gasteiger partial charge in [0.15, 0.2) is 5.75 Å². The molecular weight excluding hydrogens is 174 g/mol. The van der Waals surface area contributed by atoms with E-state index >= 15 is 0 Å². The molecule has 1 heterocycles. The molecule has 1 rings (SSSR count). The first-order valence-corrected chi connectivity index (χ1v) is 3.68. The molecule has 0 aliphatic carbocycles. The highest BCUT2D eigenvalue weighted by atomic mass is 16.5. The topological polar surface area (TPSA) is 71.5 Å². The lowest BCUT2D eigenvalue weighted by atomic mass is 10.3. The molecule has 0 spiro atoms. The molecule has 5 heteroatoms. The van der Waals surface area contributed by atoms with Crippen molar-refractivity contribution in [1.29, 1.82) is 0 Å². The molecule has 72 valence electrons. The highest BCUT2D eigenvalue weighted by molar-refractivity contribution is 5.38. The Balaban J connectivity index is 3.29. The zero-order valence-corrected chi connectivity index (χ0v) is 7.46. The molecule has 0 atom stereocenters. The van der Waals surface area contributed by atoms with E-state index in [1.165, 1.54) is 20.3 Å². The second-order valence-electron chi connectivity index (χ2n) is 2.38. The predicted molar refractivity (Wildman–Crippen MR) is 46.1 cm³/mol. The number of H-pyrrole nitrogens is 1. The van der Waals surface area contributed by atoms with Crippen LogP contribution in [0.5, 0.6) is 11.5 Å². The first-order chi connectivity index (χ1) is 6.22. The van der Waals surface area contributed by atoms with Crippen molar-refractivity contribution in [3.8, 4) is 11.5 Å². The van der Waals surface area contributed by atoms with E-state index in [0.717, 1.165) is 0 Å². The molecule has 0 radical (unpaired) electrons. The molecule has 0 fully saturated rings. The molecule has 5 nitrogen and oxygen atoms in total. The lowest BCUT2D eigenvalue weighted by Gasteiger charge is -2.06. The van der Waals surface area contributed by atoms with Gasteiger partial charge in [0, 0.05) is 11.8 Å². The molecule has 13 heavy (non-hydrogen) atoms. The van der Waals surface area contributed by atoms with Crippen LogP contribution in [0.2, 0.25) is 0 Å². The van der Waals surface area contributed by atoms with Gasteiger partial charge < -0.3 is 19.6 Å². The number of hydrogen-bond acceptors (Lipinski definition) is 4. The molecule has 0 saturated carbocycles. The average molecular weight is 185 g/mol. The van der Waals surface area contributed by atoms with Gasteiger partial charge in [0.2, 0.25) is 5.75 Å². The SMILES string of the molecule is COc1cc(CO)[nH]c(=O)c1OC. The minimum Gasteiger partial charge on any atom is -0.493 e. The van der Waals surface area contributed by atoms with Crippen LogP contribution < -0.4 is 15.0 Å². The van der Waals surface area contributed by atoms with E-state index in [2.05, 4.69) is 4.98 Å². The van der Waals surface area contributed by atoms with Gasteiger partial charge in [-0.05, 0) is 0 Å². The summed E-state index contributed by atoms with van der Waals surface area (Å²) in [7, 11) is 2.81. The van der Waals surface area contributed by atoms with E-state index in [4.69, 9.17) is 14.6 Å². The van der Waals surface area contributed by atoms with E-state index in [1.54, 1.807) is 0 Å². The number of methoxy groups -OCH3 is 2. The van der Waals surface area contributed by atoms with Gasteiger partial charge in [-0.3, -0.25) is 4.79 Å². The summed E-state index contributed by atoms with van der Waals surface area (Å²) in [6.07, 6.45) is 0. The maximum atomic E-state index is 11.2. The van der Waals surface area contributed by atoms with Crippen LogP contribution in [0.25, 0.3) is 0 Å². The number of hydrogen-bond donors (Lipinski definition) is 2. The molecular formula is C8H11NO4. The van der Waals surface area contributed by atoms with Crippen LogP contribution in [-0.2, 0) is 6.61 Å². The van der Waals surface area contributed by atoms with Crippen molar-refractivity contribution in [1.82, 2.24) is 4.98 Å². The largest absolute Gasteiger partial charge is 0.493 e. The molecule has 1 aromatic heterocycles. The van der Waals surface area contributed by atoms with Gasteiger partial charge in [-0.15, -0.1) is 0 Å². The molecule has 0 aliphatic heterocycles. The number of nitrogens with one attached hydrogen (secondary N) is 1. The van der Waals surface area contributed by atoms with E-state index in [0.29, 0.717) is 11.4 Å². The first-order valence-electron chi connectivity index (χ1n) is 3.68. The number of pyridine rings is 1. The van der Waals surface area contributed by atoms with Crippen LogP contribution in [0.4, 0.5) is 0 Å². The van der Waals surface area contributed by atoms with Gasteiger partial charge in [-0.25, -0.2) is 0 Å². The molecule has 0 bridgehead atoms. The molecule has 0 saturated heterocycles. The summed E-state index contributed by atoms with van der Waals surface area (Å²) >= 11 is 0. The van der Waals surface area contributed by atoms with E-state index in [9.17, 15) is 4.79 Å². The van der Waals surface area contributed by atoms with Gasteiger partial charge >= 0.3 is 0 Å². The lowest BCUT2D eigenvalue weighted by molar-refractivity contribution is 0.274. The molecule has 2 N–H and O–H groups in total. The van der Waals surface area contributed by atoms with E-state index in [-0.39, 0.29) is 12.4 Å². The summed E-state index contributed by atoms with van der Waals surface area (Å²) < 4.78 is 9.72. The third-order valence-corrected chi connectivity index (χ3v) is 1.60. The van der Waals surface area contributed by atoms with Crippen molar-refractivity contribution in [3.63, 3.8) is 0 Å². The van der Waals surface area contributed by atoms with E-state index < -0.39 is 5.56 Å². The Morgan fingerprint density at radius 1 is 1.46 bits per heavy atom. The van der Waals surface area contributed by atoms with Crippen molar-refractivity contribution < 1.29 is 14.6 Å². The zero-order chi connectivity index (χ0) is 9.84. The Hall–Kier alpha value is -1.49. The minimum atomic E-state index is -0.411. The Morgan fingerprint density at radius 3 is 2.62 bits per heavy atom. The number of aliphatic hydroxyl groups excluding tert-OH is 1. The quantitative estimate of drug-likeness (QED) is 0.689. The van der Waals surface area contributed by atoms with Gasteiger partial charge in [-0.1, -0.05) is 0 Å². The van der Waals surface area contributed by atoms with Crippen LogP contribution in [-0.4, -0.2) is 24.3 Å². The smallest absolute Gasteiger partial charge is 0.294 e. The van der Waals surface area contributed by atoms with Crippen LogP contribution >= 0.6 is 0 Å². The molecule has 0 amide bonds. The highest BCUT2D eigenvalue weighted by Gasteiger charge is 2.09. The fourth-order valence-electron chi connectivity index (χ4n) is 1.00. The third-order valence-electron chi connectivity index (χ3n) is 1.60. The summed E-state index contributed by atoms with van der Waals surface area (Å²) in [6.45, 7) is -0.240. The number of rotatable bonds is 3. The van der Waals surface area contributed by atoms with E-state index in [1.807, 2.05) is 0 Å². The number of aliphatic hydroxyl groups is 1. The second kappa shape index (κ2) is 3.95. The summed E-state index contributed by atoms with van der Waals surface area (Å²) in [5, 5.41) is 8.78. The van der Waals surface area contributed by atoms with Crippen molar-refractivity contribution in [2.75, 3.05) is 14.2 Å². The van der Waals surface area contributed by atoms with Crippen LogP contribution in [0.1, 0.15) is 5.69 Å². The van der Waals surface area contributed by atoms with Crippen molar-refractivity contribution in [2.24, 2.45) is 0 Å². The maximum absolute atomic E-state index is 11.2. The molecule has 1 aromatic rings. The fourth-order valence-corrected chi connectivity index (χ4v) is 1.00. The second-order valence-corrected chi connectivity index (χ2v) is 2.38. The third kappa shape index (κ3) is 1.81. The van der Waals surface area contributed by atoms with Gasteiger partial charge in [0.25, 0.3) is 5.56 Å². The number of ether oxygens (including phenoxy) is 2. The summed E-state index contributed by atoms with van der Waals surface area (Å²) in [4.78, 5) is 13.7. The van der Waals surface area contributed by atoms with Gasteiger partial charge in [0.05, 0.1) is 20.8 Å². The van der Waals surface area contributed by atoms with Crippen LogP contribution in [0.3, 0.4) is 0 Å². The van der Waals surface area contributed by atoms with Crippen molar-refractivity contribution >= 4 is 0 Å². The lowest BCUT2D eigenvalue weighted by Crippen LogP contribution is -2.13. The van der Waals surface area contributed by atoms with Gasteiger partial charge in [0.1, 0.15) is 0 Å². The molecule has 0 aromatic carbocycles. The van der Waals surface area contributed by atoms with Crippen molar-refractivity contribution in [2.45, 2.75) is 6.61 Å². The number of aromatic amines is 1. The Kier molecular flexibility index (Phi) is 2.92. The fraction of sp³-hybridized carbons (Fsp3) is 0.375. The Morgan fingerprint density at radius 2 is 2.15 bits per heavy atom. The highest BCUT2D eigenvalue weighted by Crippen LogP contribution is 2.21. The normalized spacial score (nSPS) is 9.77. The minimum absolute atomic E-state index is 0.111. The zero-order valence-electron chi connectivity index (χ0n) is 7.46. The first kappa shape index (κ1) is 9.60. The standard InChI is InChI=1S/C8H11NO4/c1-12-6-3-5(4-10)9-8(11)7(6)13-2/h3,10H,4H2,1-2H3,(H,9,11). The van der Waals surface area contributed by atoms with Gasteiger partial charge in [-0.2, -0.15) is 0 Å². The summed E-state index contributed by atoms with van der Waals surface area (Å²) in [5.41, 5.74) is -0.0199. The van der Waals surface area contributed by atoms with Crippen LogP contribution in [0.15, 0.2) is 10.9 Å². The Labute approximate surface area is 74.9 Å². The molecule has 0 aliphatic rings. The number of aromatic nitrogens is 1.